The van der Waals surface area contributed by atoms with Crippen LogP contribution in [0.3, 0.4) is 0 Å². The van der Waals surface area contributed by atoms with Crippen LogP contribution in [0.15, 0.2) is 30.3 Å². The molecule has 0 N–H and O–H groups in total. The van der Waals surface area contributed by atoms with E-state index in [0.717, 1.165) is 4.88 Å². The van der Waals surface area contributed by atoms with Crippen molar-refractivity contribution in [1.82, 2.24) is 18.8 Å². The first-order chi connectivity index (χ1) is 10.6. The number of imidazole rings is 1. The molecular formula is C12H11Cl3N4OS2. The highest BCUT2D eigenvalue weighted by molar-refractivity contribution is 8.04. The van der Waals surface area contributed by atoms with Crippen molar-refractivity contribution in [3.8, 4) is 0 Å². The Bertz CT molecular complexity index is 649. The average Bonchev–Trinajstić information content (AvgIpc) is 3.21. The summed E-state index contributed by atoms with van der Waals surface area (Å²) in [6.45, 7) is 0.915. The molecule has 2 unspecified atom stereocenters. The summed E-state index contributed by atoms with van der Waals surface area (Å²) in [6, 6.07) is 0. The van der Waals surface area contributed by atoms with Crippen molar-refractivity contribution in [3.63, 3.8) is 0 Å². The molecule has 0 amide bonds. The Morgan fingerprint density at radius 1 is 1.41 bits per heavy atom. The molecule has 5 nitrogen and oxygen atoms in total. The zero-order valence-corrected chi connectivity index (χ0v) is 15.0. The summed E-state index contributed by atoms with van der Waals surface area (Å²) in [5.41, 5.74) is 0. The monoisotopic (exact) mass is 396 g/mol. The zero-order valence-electron chi connectivity index (χ0n) is 11.1. The fraction of sp³-hybridized carbons (Fsp3) is 0.333. The van der Waals surface area contributed by atoms with Gasteiger partial charge in [-0.15, -0.1) is 0 Å². The highest BCUT2D eigenvalue weighted by Crippen LogP contribution is 2.36. The minimum absolute atomic E-state index is 0.158. The maximum atomic E-state index is 6.22. The van der Waals surface area contributed by atoms with Crippen LogP contribution in [0.25, 0.3) is 0 Å². The van der Waals surface area contributed by atoms with Crippen LogP contribution in [0.4, 0.5) is 0 Å². The number of ether oxygens (including phenoxy) is 1. The number of hydrogen-bond donors (Lipinski definition) is 0. The van der Waals surface area contributed by atoms with Gasteiger partial charge in [-0.2, -0.15) is 4.37 Å². The summed E-state index contributed by atoms with van der Waals surface area (Å²) in [5.74, 6) is 0. The van der Waals surface area contributed by atoms with Crippen LogP contribution in [0.2, 0.25) is 10.2 Å². The highest BCUT2D eigenvalue weighted by Gasteiger charge is 2.24. The lowest BCUT2D eigenvalue weighted by Gasteiger charge is -2.24. The van der Waals surface area contributed by atoms with Gasteiger partial charge in [-0.05, 0) is 16.9 Å². The summed E-state index contributed by atoms with van der Waals surface area (Å²) >= 11 is 21.1. The Hall–Kier alpha value is -0.440. The molecule has 0 spiro atoms. The van der Waals surface area contributed by atoms with Gasteiger partial charge in [-0.1, -0.05) is 46.6 Å². The molecular weight excluding hydrogens is 387 g/mol. The van der Waals surface area contributed by atoms with E-state index in [4.69, 9.17) is 39.5 Å². The normalized spacial score (nSPS) is 19.0. The third-order valence-electron chi connectivity index (χ3n) is 2.98. The number of halogens is 3. The van der Waals surface area contributed by atoms with Crippen LogP contribution in [0.5, 0.6) is 0 Å². The minimum Gasteiger partial charge on any atom is -0.350 e. The van der Waals surface area contributed by atoms with Crippen molar-refractivity contribution in [2.24, 2.45) is 0 Å². The topological polar surface area (TPSA) is 43.2 Å². The lowest BCUT2D eigenvalue weighted by atomic mass is 10.3. The van der Waals surface area contributed by atoms with E-state index < -0.39 is 0 Å². The highest BCUT2D eigenvalue weighted by atomic mass is 35.5. The number of alkyl halides is 1. The van der Waals surface area contributed by atoms with Gasteiger partial charge in [0.2, 0.25) is 0 Å². The summed E-state index contributed by atoms with van der Waals surface area (Å²) in [6.07, 6.45) is 6.92. The van der Waals surface area contributed by atoms with E-state index in [9.17, 15) is 0 Å². The van der Waals surface area contributed by atoms with Gasteiger partial charge in [0.05, 0.1) is 22.8 Å². The SMILES string of the molecule is Clc1nsc(C(Cn2ccnc2)OCN2C=CSC2Cl)c1Cl. The molecule has 2 atom stereocenters. The standard InChI is InChI=1S/C12H11Cl3N4OS2/c13-9-10(22-17-11(9)14)8(5-18-2-1-16-6-18)20-7-19-3-4-21-12(19)15/h1-4,6,8,12H,5,7H2. The molecule has 1 aliphatic heterocycles. The Labute approximate surface area is 151 Å². The first kappa shape index (κ1) is 16.4. The van der Waals surface area contributed by atoms with E-state index >= 15 is 0 Å². The maximum absolute atomic E-state index is 6.22. The predicted molar refractivity (Wildman–Crippen MR) is 91.3 cm³/mol. The first-order valence-corrected chi connectivity index (χ1v) is 9.16. The number of thioether (sulfide) groups is 1. The molecule has 0 bridgehead atoms. The van der Waals surface area contributed by atoms with Gasteiger partial charge < -0.3 is 14.2 Å². The second-order valence-corrected chi connectivity index (χ2v) is 7.63. The third-order valence-corrected chi connectivity index (χ3v) is 6.21. The third kappa shape index (κ3) is 3.72. The van der Waals surface area contributed by atoms with Gasteiger partial charge in [-0.3, -0.25) is 0 Å². The second-order valence-electron chi connectivity index (χ2n) is 4.42. The van der Waals surface area contributed by atoms with E-state index in [1.807, 2.05) is 27.3 Å². The van der Waals surface area contributed by atoms with E-state index in [2.05, 4.69) is 9.36 Å². The van der Waals surface area contributed by atoms with Crippen LogP contribution >= 0.6 is 58.1 Å². The van der Waals surface area contributed by atoms with E-state index in [-0.39, 0.29) is 10.9 Å². The average molecular weight is 398 g/mol. The van der Waals surface area contributed by atoms with Gasteiger partial charge in [0, 0.05) is 18.6 Å². The summed E-state index contributed by atoms with van der Waals surface area (Å²) in [7, 11) is 0. The molecule has 3 rings (SSSR count). The van der Waals surface area contributed by atoms with Crippen molar-refractivity contribution in [3.05, 3.63) is 45.4 Å². The van der Waals surface area contributed by atoms with E-state index in [1.165, 1.54) is 23.3 Å². The lowest BCUT2D eigenvalue weighted by Crippen LogP contribution is -2.25. The largest absolute Gasteiger partial charge is 0.350 e. The van der Waals surface area contributed by atoms with Crippen LogP contribution in [-0.2, 0) is 11.3 Å². The van der Waals surface area contributed by atoms with Crippen molar-refractivity contribution in [1.29, 1.82) is 0 Å². The Kier molecular flexibility index (Phi) is 5.54. The molecule has 22 heavy (non-hydrogen) atoms. The predicted octanol–water partition coefficient (Wildman–Crippen LogP) is 4.40. The molecule has 0 saturated carbocycles. The van der Waals surface area contributed by atoms with Crippen molar-refractivity contribution in [2.45, 2.75) is 17.5 Å². The summed E-state index contributed by atoms with van der Waals surface area (Å²) in [4.78, 5) is 6.56. The smallest absolute Gasteiger partial charge is 0.161 e. The zero-order chi connectivity index (χ0) is 15.5. The molecule has 10 heteroatoms. The number of rotatable bonds is 6. The molecule has 0 saturated heterocycles. The Balaban J connectivity index is 1.74. The fourth-order valence-corrected chi connectivity index (χ4v) is 4.10. The van der Waals surface area contributed by atoms with Crippen LogP contribution in [0, 0.1) is 0 Å². The molecule has 0 aromatic carbocycles. The minimum atomic E-state index is -0.283. The Morgan fingerprint density at radius 3 is 2.86 bits per heavy atom. The maximum Gasteiger partial charge on any atom is 0.161 e. The van der Waals surface area contributed by atoms with Gasteiger partial charge in [0.25, 0.3) is 0 Å². The molecule has 2 aromatic heterocycles. The van der Waals surface area contributed by atoms with Crippen molar-refractivity contribution >= 4 is 58.1 Å². The molecule has 0 aliphatic carbocycles. The quantitative estimate of drug-likeness (QED) is 0.534. The molecule has 118 valence electrons. The van der Waals surface area contributed by atoms with Gasteiger partial charge in [0.1, 0.15) is 12.8 Å². The summed E-state index contributed by atoms with van der Waals surface area (Å²) < 4.78 is 12.0. The second kappa shape index (κ2) is 7.42. The van der Waals surface area contributed by atoms with E-state index in [0.29, 0.717) is 23.5 Å². The van der Waals surface area contributed by atoms with Crippen LogP contribution in [-0.4, -0.2) is 30.4 Å². The Morgan fingerprint density at radius 2 is 2.27 bits per heavy atom. The van der Waals surface area contributed by atoms with Gasteiger partial charge in [-0.25, -0.2) is 4.98 Å². The van der Waals surface area contributed by atoms with Gasteiger partial charge >= 0.3 is 0 Å². The number of aromatic nitrogens is 3. The fourth-order valence-electron chi connectivity index (χ4n) is 1.87. The van der Waals surface area contributed by atoms with Crippen LogP contribution in [0.1, 0.15) is 11.0 Å². The molecule has 1 aliphatic rings. The van der Waals surface area contributed by atoms with Gasteiger partial charge in [0.15, 0.2) is 9.99 Å². The van der Waals surface area contributed by atoms with Crippen LogP contribution < -0.4 is 0 Å². The number of nitrogens with zero attached hydrogens (tertiary/aromatic N) is 4. The molecule has 0 radical (unpaired) electrons. The first-order valence-electron chi connectivity index (χ1n) is 6.25. The summed E-state index contributed by atoms with van der Waals surface area (Å²) in [5, 5.41) is 2.67. The lowest BCUT2D eigenvalue weighted by molar-refractivity contribution is -0.00911. The molecule has 0 fully saturated rings. The molecule has 2 aromatic rings. The number of hydrogen-bond acceptors (Lipinski definition) is 6. The van der Waals surface area contributed by atoms with Crippen molar-refractivity contribution in [2.75, 3.05) is 6.73 Å². The van der Waals surface area contributed by atoms with Crippen molar-refractivity contribution < 1.29 is 4.74 Å². The van der Waals surface area contributed by atoms with E-state index in [1.54, 1.807) is 12.5 Å². The molecule has 3 heterocycles.